The molecule has 1 heterocycles. The molecule has 1 aromatic rings. The zero-order valence-electron chi connectivity index (χ0n) is 11.2. The molecule has 19 heavy (non-hydrogen) atoms. The molecule has 6 heteroatoms. The van der Waals surface area contributed by atoms with Crippen LogP contribution < -0.4 is 11.1 Å². The molecule has 0 spiro atoms. The molecule has 0 aliphatic heterocycles. The molecule has 0 radical (unpaired) electrons. The third-order valence-corrected chi connectivity index (χ3v) is 3.80. The lowest BCUT2D eigenvalue weighted by molar-refractivity contribution is 0.0939. The summed E-state index contributed by atoms with van der Waals surface area (Å²) in [4.78, 5) is 18.2. The van der Waals surface area contributed by atoms with Gasteiger partial charge in [0.25, 0.3) is 5.91 Å². The summed E-state index contributed by atoms with van der Waals surface area (Å²) in [7, 11) is 2.09. The van der Waals surface area contributed by atoms with E-state index < -0.39 is 0 Å². The Morgan fingerprint density at radius 3 is 3.00 bits per heavy atom. The minimum Gasteiger partial charge on any atom is -0.384 e. The number of rotatable bonds is 5. The molecule has 104 valence electrons. The van der Waals surface area contributed by atoms with E-state index in [1.165, 1.54) is 25.1 Å². The normalized spacial score (nSPS) is 16.4. The van der Waals surface area contributed by atoms with Crippen LogP contribution in [-0.4, -0.2) is 41.5 Å². The zero-order valence-corrected chi connectivity index (χ0v) is 11.9. The van der Waals surface area contributed by atoms with Gasteiger partial charge >= 0.3 is 0 Å². The molecule has 0 saturated heterocycles. The van der Waals surface area contributed by atoms with Crippen LogP contribution >= 0.6 is 11.6 Å². The van der Waals surface area contributed by atoms with Crippen LogP contribution in [0.3, 0.4) is 0 Å². The van der Waals surface area contributed by atoms with Gasteiger partial charge in [-0.25, -0.2) is 4.98 Å². The highest BCUT2D eigenvalue weighted by Crippen LogP contribution is 2.26. The van der Waals surface area contributed by atoms with Crippen LogP contribution in [0.1, 0.15) is 30.1 Å². The van der Waals surface area contributed by atoms with Gasteiger partial charge in [-0.05, 0) is 32.9 Å². The minimum absolute atomic E-state index is 0.213. The number of nitrogens with two attached hydrogens (primary N) is 1. The van der Waals surface area contributed by atoms with Gasteiger partial charge in [0.05, 0.1) is 10.6 Å². The number of likely N-dealkylation sites (N-methyl/N-ethyl adjacent to an activating group) is 1. The van der Waals surface area contributed by atoms with E-state index in [2.05, 4.69) is 29.2 Å². The molecule has 5 nitrogen and oxygen atoms in total. The van der Waals surface area contributed by atoms with Crippen LogP contribution in [-0.2, 0) is 0 Å². The van der Waals surface area contributed by atoms with Gasteiger partial charge in [-0.3, -0.25) is 9.69 Å². The fourth-order valence-electron chi connectivity index (χ4n) is 1.95. The Bertz CT molecular complexity index is 476. The van der Waals surface area contributed by atoms with Crippen LogP contribution in [0.15, 0.2) is 12.3 Å². The van der Waals surface area contributed by atoms with E-state index in [9.17, 15) is 4.79 Å². The molecular weight excluding hydrogens is 264 g/mol. The van der Waals surface area contributed by atoms with Crippen molar-refractivity contribution in [1.82, 2.24) is 15.2 Å². The quantitative estimate of drug-likeness (QED) is 0.859. The second kappa shape index (κ2) is 5.75. The number of pyridine rings is 1. The standard InChI is InChI=1S/C13H19ClN4O/c1-8(18(2)9-3-4-9)6-17-13(19)10-5-12(15)16-7-11(10)14/h5,7-9H,3-4,6H2,1-2H3,(H2,15,16)(H,17,19). The van der Waals surface area contributed by atoms with Crippen LogP contribution in [0.2, 0.25) is 5.02 Å². The number of carbonyl (C=O) groups is 1. The topological polar surface area (TPSA) is 71.2 Å². The van der Waals surface area contributed by atoms with Crippen molar-refractivity contribution in [2.24, 2.45) is 0 Å². The van der Waals surface area contributed by atoms with E-state index in [1.807, 2.05) is 0 Å². The SMILES string of the molecule is CC(CNC(=O)c1cc(N)ncc1Cl)N(C)C1CC1. The molecular formula is C13H19ClN4O. The fourth-order valence-corrected chi connectivity index (χ4v) is 2.14. The van der Waals surface area contributed by atoms with E-state index in [0.717, 1.165) is 0 Å². The van der Waals surface area contributed by atoms with Gasteiger partial charge in [-0.2, -0.15) is 0 Å². The largest absolute Gasteiger partial charge is 0.384 e. The highest BCUT2D eigenvalue weighted by Gasteiger charge is 2.29. The maximum absolute atomic E-state index is 12.0. The van der Waals surface area contributed by atoms with Gasteiger partial charge in [-0.1, -0.05) is 11.6 Å². The average molecular weight is 283 g/mol. The predicted molar refractivity (Wildman–Crippen MR) is 76.2 cm³/mol. The first-order valence-electron chi connectivity index (χ1n) is 6.40. The second-order valence-corrected chi connectivity index (χ2v) is 5.45. The molecule has 1 amide bonds. The summed E-state index contributed by atoms with van der Waals surface area (Å²) >= 11 is 5.94. The van der Waals surface area contributed by atoms with Crippen molar-refractivity contribution in [2.45, 2.75) is 31.8 Å². The van der Waals surface area contributed by atoms with Gasteiger partial charge in [0.15, 0.2) is 0 Å². The lowest BCUT2D eigenvalue weighted by atomic mass is 10.2. The molecule has 1 atom stereocenters. The first kappa shape index (κ1) is 14.1. The Morgan fingerprint density at radius 1 is 1.68 bits per heavy atom. The summed E-state index contributed by atoms with van der Waals surface area (Å²) < 4.78 is 0. The smallest absolute Gasteiger partial charge is 0.253 e. The minimum atomic E-state index is -0.213. The van der Waals surface area contributed by atoms with Crippen molar-refractivity contribution in [3.8, 4) is 0 Å². The lowest BCUT2D eigenvalue weighted by Gasteiger charge is -2.24. The third kappa shape index (κ3) is 3.58. The molecule has 0 aromatic carbocycles. The molecule has 1 saturated carbocycles. The molecule has 1 unspecified atom stereocenters. The Balaban J connectivity index is 1.91. The van der Waals surface area contributed by atoms with Crippen molar-refractivity contribution in [1.29, 1.82) is 0 Å². The molecule has 3 N–H and O–H groups in total. The van der Waals surface area contributed by atoms with Gasteiger partial charge in [-0.15, -0.1) is 0 Å². The number of hydrogen-bond acceptors (Lipinski definition) is 4. The fraction of sp³-hybridized carbons (Fsp3) is 0.538. The number of aromatic nitrogens is 1. The molecule has 1 aliphatic carbocycles. The zero-order chi connectivity index (χ0) is 14.0. The summed E-state index contributed by atoms with van der Waals surface area (Å²) in [5.74, 6) is 0.0767. The Kier molecular flexibility index (Phi) is 4.27. The highest BCUT2D eigenvalue weighted by atomic mass is 35.5. The van der Waals surface area contributed by atoms with E-state index >= 15 is 0 Å². The Morgan fingerprint density at radius 2 is 2.37 bits per heavy atom. The third-order valence-electron chi connectivity index (χ3n) is 3.50. The van der Waals surface area contributed by atoms with Crippen molar-refractivity contribution >= 4 is 23.3 Å². The average Bonchev–Trinajstić information content (AvgIpc) is 3.21. The van der Waals surface area contributed by atoms with Gasteiger partial charge in [0.2, 0.25) is 0 Å². The number of amides is 1. The number of carbonyl (C=O) groups excluding carboxylic acids is 1. The summed E-state index contributed by atoms with van der Waals surface area (Å²) in [6, 6.07) is 2.47. The molecule has 1 fully saturated rings. The first-order chi connectivity index (χ1) is 8.99. The van der Waals surface area contributed by atoms with Gasteiger partial charge < -0.3 is 11.1 Å². The summed E-state index contributed by atoms with van der Waals surface area (Å²) in [5, 5.41) is 3.20. The molecule has 1 aliphatic rings. The van der Waals surface area contributed by atoms with Crippen molar-refractivity contribution in [3.05, 3.63) is 22.8 Å². The van der Waals surface area contributed by atoms with Gasteiger partial charge in [0, 0.05) is 24.8 Å². The lowest BCUT2D eigenvalue weighted by Crippen LogP contribution is -2.41. The van der Waals surface area contributed by atoms with Gasteiger partial charge in [0.1, 0.15) is 5.82 Å². The number of nitrogen functional groups attached to an aromatic ring is 1. The first-order valence-corrected chi connectivity index (χ1v) is 6.78. The number of halogens is 1. The maximum atomic E-state index is 12.0. The molecule has 0 bridgehead atoms. The summed E-state index contributed by atoms with van der Waals surface area (Å²) in [6.07, 6.45) is 3.90. The van der Waals surface area contributed by atoms with E-state index in [-0.39, 0.29) is 11.7 Å². The van der Waals surface area contributed by atoms with E-state index in [1.54, 1.807) is 0 Å². The van der Waals surface area contributed by atoms with Crippen molar-refractivity contribution in [3.63, 3.8) is 0 Å². The van der Waals surface area contributed by atoms with Crippen LogP contribution in [0.5, 0.6) is 0 Å². The van der Waals surface area contributed by atoms with Crippen LogP contribution in [0.4, 0.5) is 5.82 Å². The monoisotopic (exact) mass is 282 g/mol. The summed E-state index contributed by atoms with van der Waals surface area (Å²) in [5.41, 5.74) is 5.93. The van der Waals surface area contributed by atoms with Crippen LogP contribution in [0, 0.1) is 0 Å². The Labute approximate surface area is 118 Å². The van der Waals surface area contributed by atoms with E-state index in [4.69, 9.17) is 17.3 Å². The highest BCUT2D eigenvalue weighted by molar-refractivity contribution is 6.33. The summed E-state index contributed by atoms with van der Waals surface area (Å²) in [6.45, 7) is 2.69. The van der Waals surface area contributed by atoms with Crippen LogP contribution in [0.25, 0.3) is 0 Å². The molecule has 2 rings (SSSR count). The predicted octanol–water partition coefficient (Wildman–Crippen LogP) is 1.53. The van der Waals surface area contributed by atoms with E-state index in [0.29, 0.717) is 29.2 Å². The maximum Gasteiger partial charge on any atom is 0.253 e. The second-order valence-electron chi connectivity index (χ2n) is 5.04. The number of nitrogens with one attached hydrogen (secondary N) is 1. The Hall–Kier alpha value is -1.33. The number of anilines is 1. The van der Waals surface area contributed by atoms with Crippen molar-refractivity contribution in [2.75, 3.05) is 19.3 Å². The number of nitrogens with zero attached hydrogens (tertiary/aromatic N) is 2. The number of hydrogen-bond donors (Lipinski definition) is 2. The van der Waals surface area contributed by atoms with Crippen molar-refractivity contribution < 1.29 is 4.79 Å². The molecule has 1 aromatic heterocycles.